The largest absolute Gasteiger partial charge is 0.480 e. The fourth-order valence-corrected chi connectivity index (χ4v) is 2.33. The molecule has 2 rings (SSSR count). The van der Waals surface area contributed by atoms with Crippen LogP contribution in [0.5, 0.6) is 0 Å². The molecular weight excluding hydrogens is 290 g/mol. The van der Waals surface area contributed by atoms with E-state index in [1.807, 2.05) is 44.2 Å². The van der Waals surface area contributed by atoms with Crippen LogP contribution in [0.15, 0.2) is 40.8 Å². The highest BCUT2D eigenvalue weighted by molar-refractivity contribution is 6.33. The molecule has 21 heavy (non-hydrogen) atoms. The van der Waals surface area contributed by atoms with Gasteiger partial charge in [0.05, 0.1) is 11.6 Å². The highest BCUT2D eigenvalue weighted by Gasteiger charge is 2.21. The summed E-state index contributed by atoms with van der Waals surface area (Å²) < 4.78 is 5.72. The third kappa shape index (κ3) is 3.86. The molecule has 1 atom stereocenters. The third-order valence-corrected chi connectivity index (χ3v) is 3.56. The Morgan fingerprint density at radius 3 is 2.62 bits per heavy atom. The van der Waals surface area contributed by atoms with E-state index in [9.17, 15) is 4.79 Å². The number of benzene rings is 1. The van der Waals surface area contributed by atoms with Gasteiger partial charge in [-0.05, 0) is 30.2 Å². The van der Waals surface area contributed by atoms with Gasteiger partial charge in [0.2, 0.25) is 0 Å². The molecule has 1 aromatic heterocycles. The van der Waals surface area contributed by atoms with Gasteiger partial charge >= 0.3 is 5.97 Å². The Labute approximate surface area is 128 Å². The average molecular weight is 308 g/mol. The zero-order chi connectivity index (χ0) is 15.4. The maximum atomic E-state index is 11.1. The van der Waals surface area contributed by atoms with Gasteiger partial charge in [-0.25, -0.2) is 0 Å². The monoisotopic (exact) mass is 307 g/mol. The first-order valence-corrected chi connectivity index (χ1v) is 7.16. The second-order valence-electron chi connectivity index (χ2n) is 5.19. The molecule has 0 unspecified atom stereocenters. The lowest BCUT2D eigenvalue weighted by Gasteiger charge is -2.16. The first kappa shape index (κ1) is 15.6. The lowest BCUT2D eigenvalue weighted by Crippen LogP contribution is -2.40. The molecule has 0 aliphatic rings. The zero-order valence-corrected chi connectivity index (χ0v) is 12.7. The molecule has 0 bridgehead atoms. The Balaban J connectivity index is 2.07. The summed E-state index contributed by atoms with van der Waals surface area (Å²) in [5.41, 5.74) is 0.823. The van der Waals surface area contributed by atoms with Crippen LogP contribution in [0.25, 0.3) is 11.3 Å². The summed E-state index contributed by atoms with van der Waals surface area (Å²) in [6, 6.07) is 10.5. The van der Waals surface area contributed by atoms with E-state index in [0.29, 0.717) is 23.1 Å². The van der Waals surface area contributed by atoms with Gasteiger partial charge in [0, 0.05) is 5.56 Å². The molecule has 0 saturated heterocycles. The van der Waals surface area contributed by atoms with Crippen molar-refractivity contribution < 1.29 is 14.3 Å². The number of furan rings is 1. The van der Waals surface area contributed by atoms with Gasteiger partial charge in [-0.1, -0.05) is 37.6 Å². The van der Waals surface area contributed by atoms with Gasteiger partial charge < -0.3 is 9.52 Å². The normalized spacial score (nSPS) is 12.6. The van der Waals surface area contributed by atoms with Crippen LogP contribution in [0.3, 0.4) is 0 Å². The summed E-state index contributed by atoms with van der Waals surface area (Å²) in [4.78, 5) is 11.1. The van der Waals surface area contributed by atoms with Crippen molar-refractivity contribution in [2.45, 2.75) is 26.4 Å². The molecule has 0 aliphatic heterocycles. The van der Waals surface area contributed by atoms with Gasteiger partial charge in [-0.15, -0.1) is 0 Å². The van der Waals surface area contributed by atoms with Crippen molar-refractivity contribution in [2.75, 3.05) is 0 Å². The SMILES string of the molecule is CC(C)[C@@H](NCc1ccc(-c2ccccc2Cl)o1)C(=O)O. The number of hydrogen-bond donors (Lipinski definition) is 2. The maximum Gasteiger partial charge on any atom is 0.320 e. The number of carboxylic acid groups (broad SMARTS) is 1. The quantitative estimate of drug-likeness (QED) is 0.852. The third-order valence-electron chi connectivity index (χ3n) is 3.23. The standard InChI is InChI=1S/C16H18ClNO3/c1-10(2)15(16(19)20)18-9-11-7-8-14(21-11)12-5-3-4-6-13(12)17/h3-8,10,15,18H,9H2,1-2H3,(H,19,20)/t15-/m1/s1. The van der Waals surface area contributed by atoms with Crippen LogP contribution in [0, 0.1) is 5.92 Å². The van der Waals surface area contributed by atoms with Crippen LogP contribution in [-0.2, 0) is 11.3 Å². The van der Waals surface area contributed by atoms with Crippen molar-refractivity contribution >= 4 is 17.6 Å². The van der Waals surface area contributed by atoms with Crippen molar-refractivity contribution in [2.24, 2.45) is 5.92 Å². The first-order chi connectivity index (χ1) is 9.99. The van der Waals surface area contributed by atoms with Crippen LogP contribution in [0.4, 0.5) is 0 Å². The summed E-state index contributed by atoms with van der Waals surface area (Å²) in [5.74, 6) is 0.494. The van der Waals surface area contributed by atoms with Crippen molar-refractivity contribution in [1.29, 1.82) is 0 Å². The van der Waals surface area contributed by atoms with Gasteiger partial charge in [-0.3, -0.25) is 10.1 Å². The highest BCUT2D eigenvalue weighted by Crippen LogP contribution is 2.29. The predicted octanol–water partition coefficient (Wildman–Crippen LogP) is 3.80. The van der Waals surface area contributed by atoms with E-state index in [1.165, 1.54) is 0 Å². The minimum absolute atomic E-state index is 0.000463. The van der Waals surface area contributed by atoms with Crippen molar-refractivity contribution in [3.63, 3.8) is 0 Å². The summed E-state index contributed by atoms with van der Waals surface area (Å²) in [5, 5.41) is 12.7. The van der Waals surface area contributed by atoms with Crippen LogP contribution in [0.1, 0.15) is 19.6 Å². The van der Waals surface area contributed by atoms with E-state index in [1.54, 1.807) is 6.07 Å². The summed E-state index contributed by atoms with van der Waals surface area (Å²) in [6.45, 7) is 4.09. The van der Waals surface area contributed by atoms with Crippen LogP contribution < -0.4 is 5.32 Å². The van der Waals surface area contributed by atoms with Gasteiger partial charge in [0.1, 0.15) is 17.6 Å². The molecule has 0 aliphatic carbocycles. The Hall–Kier alpha value is -1.78. The molecule has 0 saturated carbocycles. The fraction of sp³-hybridized carbons (Fsp3) is 0.312. The number of carboxylic acids is 1. The molecule has 112 valence electrons. The summed E-state index contributed by atoms with van der Waals surface area (Å²) in [7, 11) is 0. The number of aliphatic carboxylic acids is 1. The summed E-state index contributed by atoms with van der Waals surface area (Å²) in [6.07, 6.45) is 0. The summed E-state index contributed by atoms with van der Waals surface area (Å²) >= 11 is 6.13. The molecule has 2 N–H and O–H groups in total. The number of rotatable bonds is 6. The van der Waals surface area contributed by atoms with E-state index in [4.69, 9.17) is 21.1 Å². The second kappa shape index (κ2) is 6.78. The number of carbonyl (C=O) groups is 1. The van der Waals surface area contributed by atoms with Crippen molar-refractivity contribution in [3.8, 4) is 11.3 Å². The van der Waals surface area contributed by atoms with E-state index < -0.39 is 12.0 Å². The Morgan fingerprint density at radius 1 is 1.29 bits per heavy atom. The lowest BCUT2D eigenvalue weighted by atomic mass is 10.1. The van der Waals surface area contributed by atoms with Crippen LogP contribution in [-0.4, -0.2) is 17.1 Å². The van der Waals surface area contributed by atoms with Crippen molar-refractivity contribution in [1.82, 2.24) is 5.32 Å². The minimum Gasteiger partial charge on any atom is -0.480 e. The lowest BCUT2D eigenvalue weighted by molar-refractivity contribution is -0.140. The van der Waals surface area contributed by atoms with Gasteiger partial charge in [-0.2, -0.15) is 0 Å². The van der Waals surface area contributed by atoms with Crippen LogP contribution in [0.2, 0.25) is 5.02 Å². The maximum absolute atomic E-state index is 11.1. The Bertz CT molecular complexity index is 621. The Morgan fingerprint density at radius 2 is 2.00 bits per heavy atom. The smallest absolute Gasteiger partial charge is 0.320 e. The molecule has 1 heterocycles. The first-order valence-electron chi connectivity index (χ1n) is 6.79. The molecule has 5 heteroatoms. The van der Waals surface area contributed by atoms with E-state index in [-0.39, 0.29) is 5.92 Å². The minimum atomic E-state index is -0.858. The molecule has 0 amide bonds. The predicted molar refractivity (Wildman–Crippen MR) is 82.3 cm³/mol. The second-order valence-corrected chi connectivity index (χ2v) is 5.59. The van der Waals surface area contributed by atoms with E-state index >= 15 is 0 Å². The highest BCUT2D eigenvalue weighted by atomic mass is 35.5. The number of halogens is 1. The van der Waals surface area contributed by atoms with Crippen LogP contribution >= 0.6 is 11.6 Å². The molecule has 0 spiro atoms. The number of nitrogens with one attached hydrogen (secondary N) is 1. The molecule has 0 fully saturated rings. The van der Waals surface area contributed by atoms with E-state index in [2.05, 4.69) is 5.32 Å². The van der Waals surface area contributed by atoms with Gasteiger partial charge in [0.25, 0.3) is 0 Å². The zero-order valence-electron chi connectivity index (χ0n) is 12.0. The molecule has 2 aromatic rings. The molecule has 4 nitrogen and oxygen atoms in total. The number of hydrogen-bond acceptors (Lipinski definition) is 3. The Kier molecular flexibility index (Phi) is 5.04. The molecule has 0 radical (unpaired) electrons. The van der Waals surface area contributed by atoms with E-state index in [0.717, 1.165) is 5.56 Å². The average Bonchev–Trinajstić information content (AvgIpc) is 2.87. The topological polar surface area (TPSA) is 62.5 Å². The molecule has 1 aromatic carbocycles. The van der Waals surface area contributed by atoms with Crippen molar-refractivity contribution in [3.05, 3.63) is 47.2 Å². The molecular formula is C16H18ClNO3. The fourth-order valence-electron chi connectivity index (χ4n) is 2.10. The van der Waals surface area contributed by atoms with Gasteiger partial charge in [0.15, 0.2) is 0 Å².